The van der Waals surface area contributed by atoms with Crippen LogP contribution in [0.15, 0.2) is 52.5 Å². The van der Waals surface area contributed by atoms with Crippen LogP contribution in [0, 0.1) is 6.92 Å². The van der Waals surface area contributed by atoms with Gasteiger partial charge in [0.15, 0.2) is 6.61 Å². The molecule has 1 heterocycles. The maximum absolute atomic E-state index is 13.0. The molecule has 9 heteroatoms. The van der Waals surface area contributed by atoms with Gasteiger partial charge < -0.3 is 9.47 Å². The van der Waals surface area contributed by atoms with Gasteiger partial charge in [0.2, 0.25) is 0 Å². The Morgan fingerprint density at radius 2 is 1.84 bits per heavy atom. The molecule has 2 aromatic carbocycles. The molecule has 2 aromatic rings. The highest BCUT2D eigenvalue weighted by Gasteiger charge is 2.37. The van der Waals surface area contributed by atoms with Crippen molar-refractivity contribution in [1.82, 2.24) is 5.32 Å². The van der Waals surface area contributed by atoms with Gasteiger partial charge in [-0.05, 0) is 50.3 Å². The Kier molecular flexibility index (Phi) is 6.86. The fourth-order valence-corrected chi connectivity index (χ4v) is 3.22. The van der Waals surface area contributed by atoms with E-state index in [2.05, 4.69) is 21.2 Å². The molecule has 160 valence electrons. The molecule has 1 fully saturated rings. The highest BCUT2D eigenvalue weighted by molar-refractivity contribution is 9.10. The molecular formula is C22H19BrN2O6. The second-order valence-electron chi connectivity index (χ2n) is 6.57. The zero-order chi connectivity index (χ0) is 22.5. The van der Waals surface area contributed by atoms with E-state index in [9.17, 15) is 19.2 Å². The molecule has 3 rings (SSSR count). The zero-order valence-electron chi connectivity index (χ0n) is 16.8. The van der Waals surface area contributed by atoms with Crippen LogP contribution in [0.4, 0.5) is 10.5 Å². The average Bonchev–Trinajstić information content (AvgIpc) is 2.72. The molecule has 0 bridgehead atoms. The summed E-state index contributed by atoms with van der Waals surface area (Å²) in [7, 11) is 0. The highest BCUT2D eigenvalue weighted by Crippen LogP contribution is 2.28. The predicted molar refractivity (Wildman–Crippen MR) is 116 cm³/mol. The Morgan fingerprint density at radius 1 is 1.13 bits per heavy atom. The van der Waals surface area contributed by atoms with Crippen molar-refractivity contribution >= 4 is 51.5 Å². The molecule has 0 aromatic heterocycles. The van der Waals surface area contributed by atoms with Crippen molar-refractivity contribution in [3.63, 3.8) is 0 Å². The summed E-state index contributed by atoms with van der Waals surface area (Å²) in [5.41, 5.74) is 1.41. The van der Waals surface area contributed by atoms with E-state index in [1.54, 1.807) is 49.4 Å². The maximum Gasteiger partial charge on any atom is 0.344 e. The topological polar surface area (TPSA) is 102 Å². The summed E-state index contributed by atoms with van der Waals surface area (Å²) in [4.78, 5) is 50.3. The van der Waals surface area contributed by atoms with Crippen LogP contribution in [0.2, 0.25) is 0 Å². The molecule has 0 saturated carbocycles. The van der Waals surface area contributed by atoms with Crippen LogP contribution in [-0.2, 0) is 19.1 Å². The third-order valence-corrected chi connectivity index (χ3v) is 4.81. The molecule has 8 nitrogen and oxygen atoms in total. The summed E-state index contributed by atoms with van der Waals surface area (Å²) in [6, 6.07) is 10.8. The number of nitrogens with one attached hydrogen (secondary N) is 1. The Balaban J connectivity index is 1.95. The molecule has 1 saturated heterocycles. The van der Waals surface area contributed by atoms with Crippen molar-refractivity contribution in [2.24, 2.45) is 0 Å². The minimum Gasteiger partial charge on any atom is -0.481 e. The highest BCUT2D eigenvalue weighted by atomic mass is 79.9. The lowest BCUT2D eigenvalue weighted by Crippen LogP contribution is -2.54. The molecule has 1 N–H and O–H groups in total. The number of hydrogen-bond acceptors (Lipinski definition) is 6. The normalized spacial score (nSPS) is 15.1. The lowest BCUT2D eigenvalue weighted by Gasteiger charge is -2.26. The van der Waals surface area contributed by atoms with E-state index >= 15 is 0 Å². The van der Waals surface area contributed by atoms with Crippen molar-refractivity contribution in [2.45, 2.75) is 13.8 Å². The van der Waals surface area contributed by atoms with Crippen LogP contribution >= 0.6 is 15.9 Å². The lowest BCUT2D eigenvalue weighted by atomic mass is 10.1. The monoisotopic (exact) mass is 486 g/mol. The van der Waals surface area contributed by atoms with Gasteiger partial charge in [0.25, 0.3) is 11.8 Å². The second-order valence-corrected chi connectivity index (χ2v) is 7.48. The number of esters is 1. The van der Waals surface area contributed by atoms with E-state index in [0.29, 0.717) is 15.7 Å². The van der Waals surface area contributed by atoms with Crippen molar-refractivity contribution in [3.05, 3.63) is 63.6 Å². The number of nitrogens with zero attached hydrogens (tertiary/aromatic N) is 1. The van der Waals surface area contributed by atoms with Crippen molar-refractivity contribution in [2.75, 3.05) is 18.1 Å². The van der Waals surface area contributed by atoms with Crippen LogP contribution in [0.5, 0.6) is 5.75 Å². The number of carbonyl (C=O) groups excluding carboxylic acids is 4. The maximum atomic E-state index is 13.0. The molecule has 1 aliphatic rings. The molecule has 4 amide bonds. The number of benzene rings is 2. The van der Waals surface area contributed by atoms with E-state index in [1.165, 1.54) is 6.08 Å². The first kappa shape index (κ1) is 22.2. The average molecular weight is 487 g/mol. The SMILES string of the molecule is CCOC(=O)COc1ccc(Br)cc1/C=C1/C(=O)NC(=O)N(c2ccc(C)cc2)C1=O. The van der Waals surface area contributed by atoms with Gasteiger partial charge in [-0.3, -0.25) is 14.9 Å². The van der Waals surface area contributed by atoms with Crippen LogP contribution in [0.1, 0.15) is 18.1 Å². The number of ether oxygens (including phenoxy) is 2. The minimum absolute atomic E-state index is 0.219. The van der Waals surface area contributed by atoms with Gasteiger partial charge in [-0.2, -0.15) is 0 Å². The van der Waals surface area contributed by atoms with E-state index in [0.717, 1.165) is 10.5 Å². The fourth-order valence-electron chi connectivity index (χ4n) is 2.84. The third-order valence-electron chi connectivity index (χ3n) is 4.32. The first-order chi connectivity index (χ1) is 14.8. The van der Waals surface area contributed by atoms with Gasteiger partial charge >= 0.3 is 12.0 Å². The van der Waals surface area contributed by atoms with Crippen molar-refractivity contribution in [3.8, 4) is 5.75 Å². The van der Waals surface area contributed by atoms with Crippen LogP contribution in [-0.4, -0.2) is 37.0 Å². The summed E-state index contributed by atoms with van der Waals surface area (Å²) >= 11 is 3.33. The zero-order valence-corrected chi connectivity index (χ0v) is 18.4. The number of anilines is 1. The summed E-state index contributed by atoms with van der Waals surface area (Å²) < 4.78 is 11.0. The van der Waals surface area contributed by atoms with Crippen molar-refractivity contribution < 1.29 is 28.7 Å². The van der Waals surface area contributed by atoms with E-state index < -0.39 is 23.8 Å². The van der Waals surface area contributed by atoms with Crippen molar-refractivity contribution in [1.29, 1.82) is 0 Å². The van der Waals surface area contributed by atoms with Gasteiger partial charge in [-0.25, -0.2) is 14.5 Å². The number of urea groups is 1. The Hall–Kier alpha value is -3.46. The third kappa shape index (κ3) is 5.18. The van der Waals surface area contributed by atoms with Gasteiger partial charge in [-0.1, -0.05) is 33.6 Å². The van der Waals surface area contributed by atoms with E-state index in [4.69, 9.17) is 9.47 Å². The van der Waals surface area contributed by atoms with Gasteiger partial charge in [0.1, 0.15) is 11.3 Å². The number of imide groups is 2. The summed E-state index contributed by atoms with van der Waals surface area (Å²) in [5, 5.41) is 2.18. The fraction of sp³-hybridized carbons (Fsp3) is 0.182. The van der Waals surface area contributed by atoms with Gasteiger partial charge in [-0.15, -0.1) is 0 Å². The van der Waals surface area contributed by atoms with E-state index in [1.807, 2.05) is 6.92 Å². The Labute approximate surface area is 186 Å². The Bertz CT molecular complexity index is 1080. The van der Waals surface area contributed by atoms with Crippen LogP contribution in [0.3, 0.4) is 0 Å². The van der Waals surface area contributed by atoms with Crippen LogP contribution in [0.25, 0.3) is 6.08 Å². The number of hydrogen-bond donors (Lipinski definition) is 1. The second kappa shape index (κ2) is 9.57. The van der Waals surface area contributed by atoms with E-state index in [-0.39, 0.29) is 24.5 Å². The number of barbiturate groups is 1. The first-order valence-corrected chi connectivity index (χ1v) is 10.2. The molecule has 1 aliphatic heterocycles. The first-order valence-electron chi connectivity index (χ1n) is 9.36. The molecule has 0 aliphatic carbocycles. The molecule has 0 unspecified atom stereocenters. The lowest BCUT2D eigenvalue weighted by molar-refractivity contribution is -0.145. The number of carbonyl (C=O) groups is 4. The molecule has 0 radical (unpaired) electrons. The Morgan fingerprint density at radius 3 is 2.52 bits per heavy atom. The number of aryl methyl sites for hydroxylation is 1. The quantitative estimate of drug-likeness (QED) is 0.381. The largest absolute Gasteiger partial charge is 0.481 e. The number of rotatable bonds is 6. The molecule has 0 spiro atoms. The van der Waals surface area contributed by atoms with Gasteiger partial charge in [0.05, 0.1) is 12.3 Å². The minimum atomic E-state index is -0.830. The molecule has 0 atom stereocenters. The summed E-state index contributed by atoms with van der Waals surface area (Å²) in [6.45, 7) is 3.44. The standard InChI is InChI=1S/C22H19BrN2O6/c1-3-30-19(26)12-31-18-9-6-15(23)10-14(18)11-17-20(27)24-22(29)25(21(17)28)16-7-4-13(2)5-8-16/h4-11H,3,12H2,1-2H3,(H,24,27,29)/b17-11-. The molecular weight excluding hydrogens is 468 g/mol. The number of amides is 4. The van der Waals surface area contributed by atoms with Crippen LogP contribution < -0.4 is 15.0 Å². The van der Waals surface area contributed by atoms with Gasteiger partial charge in [0, 0.05) is 10.0 Å². The molecule has 31 heavy (non-hydrogen) atoms. The summed E-state index contributed by atoms with van der Waals surface area (Å²) in [6.07, 6.45) is 1.32. The summed E-state index contributed by atoms with van der Waals surface area (Å²) in [5.74, 6) is -1.88. The predicted octanol–water partition coefficient (Wildman–Crippen LogP) is 3.37. The smallest absolute Gasteiger partial charge is 0.344 e. The number of halogens is 1.